The van der Waals surface area contributed by atoms with Gasteiger partial charge < -0.3 is 45.8 Å². The zero-order valence-corrected chi connectivity index (χ0v) is 44.8. The predicted molar refractivity (Wildman–Crippen MR) is 271 cm³/mol. The van der Waals surface area contributed by atoms with Crippen LogP contribution in [0.3, 0.4) is 0 Å². The summed E-state index contributed by atoms with van der Waals surface area (Å²) < 4.78 is 43.7. The summed E-state index contributed by atoms with van der Waals surface area (Å²) in [6.07, 6.45) is -4.48. The molecule has 9 N–H and O–H groups in total. The number of fused-ring (bicyclic) bond motifs is 3. The molecule has 0 amide bonds. The Morgan fingerprint density at radius 3 is 2.29 bits per heavy atom. The fraction of sp³-hybridized carbons (Fsp3) is 0.306. The molecule has 368 valence electrons. The summed E-state index contributed by atoms with van der Waals surface area (Å²) in [7, 11) is -4.76. The van der Waals surface area contributed by atoms with Crippen molar-refractivity contribution in [2.75, 3.05) is 6.61 Å². The predicted octanol–water partition coefficient (Wildman–Crippen LogP) is 6.72. The number of Topliss-reactive ketones (excluding diaryl/α,β-unsaturated/α-hetero) is 1. The van der Waals surface area contributed by atoms with Crippen molar-refractivity contribution >= 4 is 102 Å². The third-order valence-electron chi connectivity index (χ3n) is 13.3. The molecule has 0 radical (unpaired) electrons. The number of ketones is 3. The second kappa shape index (κ2) is 19.7. The Balaban J connectivity index is 1.26. The first-order valence-corrected chi connectivity index (χ1v) is 26.3. The first-order valence-electron chi connectivity index (χ1n) is 21.6. The number of aliphatic hydroxyl groups is 4. The number of aliphatic hydroxyl groups excluding tert-OH is 3. The molecule has 0 bridgehead atoms. The first-order chi connectivity index (χ1) is 33.0. The number of nitrogens with zero attached hydrogens (tertiary/aromatic N) is 1. The lowest BCUT2D eigenvalue weighted by atomic mass is 9.71. The second-order valence-corrected chi connectivity index (χ2v) is 22.4. The third kappa shape index (κ3) is 8.82. The number of sulfonamides is 1. The van der Waals surface area contributed by atoms with E-state index in [0.29, 0.717) is 26.8 Å². The average Bonchev–Trinajstić information content (AvgIpc) is 3.32. The molecule has 0 aromatic heterocycles. The van der Waals surface area contributed by atoms with Crippen molar-refractivity contribution in [3.05, 3.63) is 145 Å². The number of nitrogens with two attached hydrogens (primary N) is 1. The normalized spacial score (nSPS) is 24.5. The summed E-state index contributed by atoms with van der Waals surface area (Å²) in [6, 6.07) is 11.3. The van der Waals surface area contributed by atoms with Gasteiger partial charge in [0, 0.05) is 62.1 Å². The smallest absolute Gasteiger partial charge is 0.277 e. The highest BCUT2D eigenvalue weighted by molar-refractivity contribution is 9.13. The Kier molecular flexibility index (Phi) is 14.6. The van der Waals surface area contributed by atoms with Crippen molar-refractivity contribution in [3.63, 3.8) is 0 Å². The molecule has 6 atom stereocenters. The molecule has 8 rings (SSSR count). The van der Waals surface area contributed by atoms with Crippen molar-refractivity contribution in [2.24, 2.45) is 10.8 Å². The number of hydrazone groups is 1. The number of allylic oxidation sites excluding steroid dienone is 5. The number of phenols is 2. The number of hydrogen-bond donors (Lipinski definition) is 8. The van der Waals surface area contributed by atoms with E-state index >= 15 is 0 Å². The first kappa shape index (κ1) is 52.1. The Hall–Kier alpha value is -4.23. The van der Waals surface area contributed by atoms with Crippen LogP contribution in [0.2, 0.25) is 0 Å². The zero-order chi connectivity index (χ0) is 51.0. The summed E-state index contributed by atoms with van der Waals surface area (Å²) in [4.78, 5) is 43.3. The van der Waals surface area contributed by atoms with Crippen LogP contribution in [0.5, 0.6) is 11.5 Å². The maximum absolute atomic E-state index is 14.7. The van der Waals surface area contributed by atoms with Crippen LogP contribution in [0.4, 0.5) is 0 Å². The highest BCUT2D eigenvalue weighted by Gasteiger charge is 2.50. The molecule has 70 heavy (non-hydrogen) atoms. The van der Waals surface area contributed by atoms with E-state index in [1.54, 1.807) is 32.1 Å². The number of nitrogens with one attached hydrogen (secondary N) is 1. The van der Waals surface area contributed by atoms with Crippen molar-refractivity contribution in [3.8, 4) is 11.5 Å². The molecule has 3 aliphatic carbocycles. The Labute approximate surface area is 435 Å². The largest absolute Gasteiger partial charge is 0.507 e. The van der Waals surface area contributed by atoms with E-state index in [9.17, 15) is 53.4 Å². The monoisotopic (exact) mass is 1230 g/mol. The molecule has 16 nitrogen and oxygen atoms in total. The van der Waals surface area contributed by atoms with Crippen molar-refractivity contribution in [1.82, 2.24) is 4.83 Å². The standard InChI is InChI=1S/C49H45Br4N3O13S/c1-19-26(12-29(50)21(3)41(19)52)37(27-13-30(51)46(62)42(53)20(27)2)24-9-5-6-11-33(24)70(66,67)56-55-34(18-58)49(65)15-28-38(32(16-49)69-35-14-31(54)43(59)22(4)68-35)48(64)40-39(45(28)61)44(60)25-10-7-8-23(17-57)36(25)47(40)63/h5-13,22,31-32,35,43,56-59,61,64-65H,14-18,54H2,1-4H3/b37-27+,55-34+/t22?,31?,32-,35-,43+,49-/m0/s1. The third-order valence-corrected chi connectivity index (χ3v) is 18.1. The minimum Gasteiger partial charge on any atom is -0.507 e. The summed E-state index contributed by atoms with van der Waals surface area (Å²) in [5, 5.41) is 72.5. The molecule has 21 heteroatoms. The maximum Gasteiger partial charge on any atom is 0.277 e. The molecule has 0 spiro atoms. The van der Waals surface area contributed by atoms with Crippen LogP contribution < -0.4 is 10.6 Å². The van der Waals surface area contributed by atoms with Gasteiger partial charge in [-0.1, -0.05) is 68.3 Å². The van der Waals surface area contributed by atoms with Crippen LogP contribution in [0.25, 0.3) is 5.57 Å². The average molecular weight is 1240 g/mol. The molecule has 4 aromatic carbocycles. The van der Waals surface area contributed by atoms with Crippen LogP contribution in [0, 0.1) is 13.8 Å². The van der Waals surface area contributed by atoms with E-state index in [1.165, 1.54) is 30.3 Å². The summed E-state index contributed by atoms with van der Waals surface area (Å²) in [5.41, 5.74) is 5.17. The molecule has 4 aromatic rings. The number of ether oxygens (including phenoxy) is 2. The van der Waals surface area contributed by atoms with E-state index in [1.807, 2.05) is 19.9 Å². The fourth-order valence-electron chi connectivity index (χ4n) is 9.53. The highest BCUT2D eigenvalue weighted by Crippen LogP contribution is 2.53. The van der Waals surface area contributed by atoms with Gasteiger partial charge in [-0.2, -0.15) is 18.4 Å². The second-order valence-electron chi connectivity index (χ2n) is 17.5. The molecule has 0 saturated carbocycles. The number of carbonyl (C=O) groups excluding carboxylic acids is 3. The van der Waals surface area contributed by atoms with Gasteiger partial charge in [-0.15, -0.1) is 0 Å². The summed E-state index contributed by atoms with van der Waals surface area (Å²) in [5.74, 6) is -3.64. The van der Waals surface area contributed by atoms with Gasteiger partial charge in [-0.05, 0) is 117 Å². The Morgan fingerprint density at radius 1 is 0.929 bits per heavy atom. The molecule has 1 aliphatic heterocycles. The molecule has 2 unspecified atom stereocenters. The Bertz CT molecular complexity index is 3190. The number of hydrogen-bond acceptors (Lipinski definition) is 15. The summed E-state index contributed by atoms with van der Waals surface area (Å²) >= 11 is 14.1. The van der Waals surface area contributed by atoms with E-state index < -0.39 is 112 Å². The van der Waals surface area contributed by atoms with Crippen LogP contribution in [-0.4, -0.2) is 98.9 Å². The van der Waals surface area contributed by atoms with Crippen LogP contribution in [-0.2, 0) is 37.3 Å². The van der Waals surface area contributed by atoms with Gasteiger partial charge >= 0.3 is 0 Å². The van der Waals surface area contributed by atoms with Crippen molar-refractivity contribution < 1.29 is 62.9 Å². The van der Waals surface area contributed by atoms with E-state index in [2.05, 4.69) is 73.7 Å². The lowest BCUT2D eigenvalue weighted by Gasteiger charge is -2.43. The molecule has 1 fully saturated rings. The minimum absolute atomic E-state index is 0.0955. The van der Waals surface area contributed by atoms with Gasteiger partial charge in [0.05, 0.1) is 62.2 Å². The lowest BCUT2D eigenvalue weighted by molar-refractivity contribution is -0.245. The number of benzene rings is 4. The van der Waals surface area contributed by atoms with Gasteiger partial charge in [-0.3, -0.25) is 14.4 Å². The number of rotatable bonds is 10. The number of aromatic hydroxyl groups is 2. The number of halogens is 4. The maximum atomic E-state index is 14.7. The Morgan fingerprint density at radius 2 is 1.61 bits per heavy atom. The molecular formula is C49H45Br4N3O13S. The van der Waals surface area contributed by atoms with E-state index in [4.69, 9.17) is 15.2 Å². The van der Waals surface area contributed by atoms with Crippen LogP contribution >= 0.6 is 63.7 Å². The van der Waals surface area contributed by atoms with E-state index in [-0.39, 0.29) is 59.4 Å². The van der Waals surface area contributed by atoms with Gasteiger partial charge in [0.1, 0.15) is 17.1 Å². The van der Waals surface area contributed by atoms with E-state index in [0.717, 1.165) is 15.6 Å². The highest BCUT2D eigenvalue weighted by atomic mass is 79.9. The molecule has 1 saturated heterocycles. The fourth-order valence-corrected chi connectivity index (χ4v) is 12.8. The summed E-state index contributed by atoms with van der Waals surface area (Å²) in [6.45, 7) is 5.34. The topological polar surface area (TPSA) is 276 Å². The molecule has 1 heterocycles. The SMILES string of the molecule is CC1=C(Br)C(=O)C(Br)=C/C1=C(/c1ccccc1S(=O)(=O)N/N=C(\CO)[C@]1(O)Cc2c(O)c3c(c(O)c2[C@@H](O[C@H]2CC(N)[C@H](O)C(C)O2)C1)C(=O)c1c(CO)cccc1C3=O)c1cc(Br)c(C)c(Br)c1C. The van der Waals surface area contributed by atoms with Crippen LogP contribution in [0.1, 0.15) is 104 Å². The zero-order valence-electron chi connectivity index (χ0n) is 37.6. The molecule has 4 aliphatic rings. The van der Waals surface area contributed by atoms with Gasteiger partial charge in [0.15, 0.2) is 17.9 Å². The number of carbonyl (C=O) groups is 3. The van der Waals surface area contributed by atoms with Gasteiger partial charge in [0.2, 0.25) is 5.78 Å². The quantitative estimate of drug-likeness (QED) is 0.0410. The lowest BCUT2D eigenvalue weighted by Crippen LogP contribution is -2.53. The van der Waals surface area contributed by atoms with Crippen molar-refractivity contribution in [1.29, 1.82) is 0 Å². The molecular weight excluding hydrogens is 1190 g/mol. The number of phenolic OH excluding ortho intramolecular Hbond substituents is 2. The van der Waals surface area contributed by atoms with Crippen molar-refractivity contribution in [2.45, 2.75) is 94.7 Å². The van der Waals surface area contributed by atoms with Gasteiger partial charge in [0.25, 0.3) is 10.0 Å². The van der Waals surface area contributed by atoms with Crippen LogP contribution in [0.15, 0.2) is 93.7 Å². The minimum atomic E-state index is -4.76. The van der Waals surface area contributed by atoms with Gasteiger partial charge in [-0.25, -0.2) is 0 Å².